The minimum absolute atomic E-state index is 0.160. The van der Waals surface area contributed by atoms with Gasteiger partial charge in [0, 0.05) is 6.20 Å². The van der Waals surface area contributed by atoms with E-state index in [9.17, 15) is 9.59 Å². The Morgan fingerprint density at radius 2 is 1.91 bits per heavy atom. The number of para-hydroxylation sites is 2. The molecule has 1 aromatic carbocycles. The molecular weight excluding hydrogens is 282 g/mol. The lowest BCUT2D eigenvalue weighted by Crippen LogP contribution is -2.33. The van der Waals surface area contributed by atoms with Gasteiger partial charge in [-0.15, -0.1) is 0 Å². The Balaban J connectivity index is 1.57. The first-order valence-corrected chi connectivity index (χ1v) is 6.66. The van der Waals surface area contributed by atoms with E-state index in [0.717, 1.165) is 11.0 Å². The number of carbonyl (C=O) groups excluding carboxylic acids is 2. The van der Waals surface area contributed by atoms with Crippen LogP contribution in [0.3, 0.4) is 0 Å². The van der Waals surface area contributed by atoms with Gasteiger partial charge in [0.2, 0.25) is 11.9 Å². The number of hydrogen-bond donors (Lipinski definition) is 3. The van der Waals surface area contributed by atoms with Crippen LogP contribution in [0.25, 0.3) is 11.0 Å². The van der Waals surface area contributed by atoms with Gasteiger partial charge in [0.05, 0.1) is 17.6 Å². The Bertz CT molecular complexity index is 780. The van der Waals surface area contributed by atoms with E-state index in [-0.39, 0.29) is 18.1 Å². The van der Waals surface area contributed by atoms with Crippen molar-refractivity contribution in [2.24, 2.45) is 0 Å². The standard InChI is InChI=1S/C15H13N5O2/c21-13(9-17-14(22)12-7-3-4-8-16-12)20-15-18-10-5-1-2-6-11(10)19-15/h1-8H,9H2,(H,17,22)(H2,18,19,20,21). The number of nitrogens with one attached hydrogen (secondary N) is 3. The topological polar surface area (TPSA) is 99.8 Å². The van der Waals surface area contributed by atoms with E-state index in [2.05, 4.69) is 25.6 Å². The average molecular weight is 295 g/mol. The average Bonchev–Trinajstić information content (AvgIpc) is 2.95. The zero-order valence-corrected chi connectivity index (χ0v) is 11.5. The van der Waals surface area contributed by atoms with Gasteiger partial charge < -0.3 is 10.3 Å². The van der Waals surface area contributed by atoms with Crippen molar-refractivity contribution < 1.29 is 9.59 Å². The second-order valence-electron chi connectivity index (χ2n) is 4.55. The fourth-order valence-electron chi connectivity index (χ4n) is 1.94. The monoisotopic (exact) mass is 295 g/mol. The highest BCUT2D eigenvalue weighted by Gasteiger charge is 2.10. The summed E-state index contributed by atoms with van der Waals surface area (Å²) in [5.41, 5.74) is 1.85. The Morgan fingerprint density at radius 3 is 2.68 bits per heavy atom. The van der Waals surface area contributed by atoms with Crippen LogP contribution in [0, 0.1) is 0 Å². The van der Waals surface area contributed by atoms with Crippen LogP contribution in [0.2, 0.25) is 0 Å². The number of aromatic nitrogens is 3. The van der Waals surface area contributed by atoms with Gasteiger partial charge in [-0.05, 0) is 24.3 Å². The zero-order chi connectivity index (χ0) is 15.4. The molecule has 0 saturated heterocycles. The number of H-pyrrole nitrogens is 1. The van der Waals surface area contributed by atoms with Crippen molar-refractivity contribution in [3.63, 3.8) is 0 Å². The number of rotatable bonds is 4. The Morgan fingerprint density at radius 1 is 1.09 bits per heavy atom. The molecule has 110 valence electrons. The normalized spacial score (nSPS) is 10.4. The van der Waals surface area contributed by atoms with Crippen LogP contribution in [0.15, 0.2) is 48.7 Å². The molecule has 0 bridgehead atoms. The number of hydrogen-bond acceptors (Lipinski definition) is 4. The van der Waals surface area contributed by atoms with Crippen molar-refractivity contribution in [2.75, 3.05) is 11.9 Å². The third-order valence-electron chi connectivity index (χ3n) is 2.95. The number of amides is 2. The fraction of sp³-hybridized carbons (Fsp3) is 0.0667. The van der Waals surface area contributed by atoms with Crippen molar-refractivity contribution in [1.29, 1.82) is 0 Å². The molecule has 0 saturated carbocycles. The molecule has 2 heterocycles. The van der Waals surface area contributed by atoms with E-state index < -0.39 is 5.91 Å². The van der Waals surface area contributed by atoms with Crippen LogP contribution in [-0.4, -0.2) is 33.3 Å². The molecular formula is C15H13N5O2. The summed E-state index contributed by atoms with van der Waals surface area (Å²) in [7, 11) is 0. The molecule has 22 heavy (non-hydrogen) atoms. The number of imidazole rings is 1. The van der Waals surface area contributed by atoms with E-state index in [1.807, 2.05) is 24.3 Å². The van der Waals surface area contributed by atoms with Gasteiger partial charge in [-0.1, -0.05) is 18.2 Å². The van der Waals surface area contributed by atoms with Crippen LogP contribution in [0.5, 0.6) is 0 Å². The third-order valence-corrected chi connectivity index (χ3v) is 2.95. The van der Waals surface area contributed by atoms with Crippen molar-refractivity contribution in [1.82, 2.24) is 20.3 Å². The van der Waals surface area contributed by atoms with Gasteiger partial charge in [0.25, 0.3) is 5.91 Å². The zero-order valence-electron chi connectivity index (χ0n) is 11.5. The maximum atomic E-state index is 11.8. The predicted molar refractivity (Wildman–Crippen MR) is 81.3 cm³/mol. The summed E-state index contributed by atoms with van der Waals surface area (Å²) in [6.07, 6.45) is 1.52. The summed E-state index contributed by atoms with van der Waals surface area (Å²) >= 11 is 0. The summed E-state index contributed by atoms with van der Waals surface area (Å²) in [6, 6.07) is 12.4. The van der Waals surface area contributed by atoms with Gasteiger partial charge in [-0.3, -0.25) is 19.9 Å². The van der Waals surface area contributed by atoms with Gasteiger partial charge in [-0.2, -0.15) is 0 Å². The number of anilines is 1. The molecule has 0 radical (unpaired) electrons. The van der Waals surface area contributed by atoms with Crippen molar-refractivity contribution in [3.05, 3.63) is 54.4 Å². The fourth-order valence-corrected chi connectivity index (χ4v) is 1.94. The smallest absolute Gasteiger partial charge is 0.270 e. The first-order chi connectivity index (χ1) is 10.7. The first-order valence-electron chi connectivity index (χ1n) is 6.66. The SMILES string of the molecule is O=C(CNC(=O)c1ccccn1)Nc1nc2ccccc2[nH]1. The van der Waals surface area contributed by atoms with E-state index in [0.29, 0.717) is 5.95 Å². The highest BCUT2D eigenvalue weighted by Crippen LogP contribution is 2.12. The van der Waals surface area contributed by atoms with Crippen LogP contribution < -0.4 is 10.6 Å². The Kier molecular flexibility index (Phi) is 3.78. The lowest BCUT2D eigenvalue weighted by atomic mass is 10.3. The molecule has 2 aromatic heterocycles. The molecule has 3 aromatic rings. The number of fused-ring (bicyclic) bond motifs is 1. The minimum Gasteiger partial charge on any atom is -0.342 e. The number of benzene rings is 1. The summed E-state index contributed by atoms with van der Waals surface area (Å²) < 4.78 is 0. The lowest BCUT2D eigenvalue weighted by Gasteiger charge is -2.04. The largest absolute Gasteiger partial charge is 0.342 e. The maximum Gasteiger partial charge on any atom is 0.270 e. The quantitative estimate of drug-likeness (QED) is 0.676. The van der Waals surface area contributed by atoms with Gasteiger partial charge in [-0.25, -0.2) is 4.98 Å². The number of aromatic amines is 1. The molecule has 2 amide bonds. The summed E-state index contributed by atoms with van der Waals surface area (Å²) in [5.74, 6) is -0.429. The predicted octanol–water partition coefficient (Wildman–Crippen LogP) is 1.33. The summed E-state index contributed by atoms with van der Waals surface area (Å²) in [5, 5.41) is 5.10. The molecule has 0 aliphatic carbocycles. The molecule has 0 aliphatic heterocycles. The molecule has 0 fully saturated rings. The molecule has 3 N–H and O–H groups in total. The number of nitrogens with zero attached hydrogens (tertiary/aromatic N) is 2. The molecule has 0 unspecified atom stereocenters. The lowest BCUT2D eigenvalue weighted by molar-refractivity contribution is -0.115. The second kappa shape index (κ2) is 6.04. The highest BCUT2D eigenvalue weighted by molar-refractivity contribution is 5.98. The van der Waals surface area contributed by atoms with Crippen molar-refractivity contribution in [3.8, 4) is 0 Å². The van der Waals surface area contributed by atoms with Crippen LogP contribution >= 0.6 is 0 Å². The second-order valence-corrected chi connectivity index (χ2v) is 4.55. The molecule has 7 heteroatoms. The molecule has 0 aliphatic rings. The van der Waals surface area contributed by atoms with Crippen LogP contribution in [0.1, 0.15) is 10.5 Å². The van der Waals surface area contributed by atoms with E-state index in [4.69, 9.17) is 0 Å². The Hall–Kier alpha value is -3.22. The third kappa shape index (κ3) is 3.09. The van der Waals surface area contributed by atoms with Crippen LogP contribution in [-0.2, 0) is 4.79 Å². The van der Waals surface area contributed by atoms with E-state index in [1.54, 1.807) is 18.2 Å². The van der Waals surface area contributed by atoms with Crippen molar-refractivity contribution in [2.45, 2.75) is 0 Å². The van der Waals surface area contributed by atoms with E-state index >= 15 is 0 Å². The van der Waals surface area contributed by atoms with Crippen LogP contribution in [0.4, 0.5) is 5.95 Å². The number of carbonyl (C=O) groups is 2. The summed E-state index contributed by atoms with van der Waals surface area (Å²) in [4.78, 5) is 34.7. The molecule has 7 nitrogen and oxygen atoms in total. The minimum atomic E-state index is -0.402. The highest BCUT2D eigenvalue weighted by atomic mass is 16.2. The summed E-state index contributed by atoms with van der Waals surface area (Å²) in [6.45, 7) is -0.160. The van der Waals surface area contributed by atoms with Gasteiger partial charge in [0.15, 0.2) is 0 Å². The number of pyridine rings is 1. The van der Waals surface area contributed by atoms with E-state index in [1.165, 1.54) is 6.20 Å². The molecule has 3 rings (SSSR count). The molecule has 0 atom stereocenters. The Labute approximate surface area is 125 Å². The van der Waals surface area contributed by atoms with Crippen molar-refractivity contribution >= 4 is 28.8 Å². The van der Waals surface area contributed by atoms with Gasteiger partial charge >= 0.3 is 0 Å². The van der Waals surface area contributed by atoms with Gasteiger partial charge in [0.1, 0.15) is 5.69 Å². The molecule has 0 spiro atoms. The first kappa shape index (κ1) is 13.7. The maximum absolute atomic E-state index is 11.8.